The second kappa shape index (κ2) is 7.03. The fourth-order valence-corrected chi connectivity index (χ4v) is 3.18. The van der Waals surface area contributed by atoms with E-state index in [9.17, 15) is 0 Å². The summed E-state index contributed by atoms with van der Waals surface area (Å²) >= 11 is 0. The van der Waals surface area contributed by atoms with Gasteiger partial charge in [0.25, 0.3) is 0 Å². The summed E-state index contributed by atoms with van der Waals surface area (Å²) < 4.78 is 18.2. The summed E-state index contributed by atoms with van der Waals surface area (Å²) in [5, 5.41) is 7.72. The number of aromatic nitrogens is 3. The zero-order valence-corrected chi connectivity index (χ0v) is 15.3. The van der Waals surface area contributed by atoms with Crippen LogP contribution >= 0.6 is 0 Å². The van der Waals surface area contributed by atoms with Crippen molar-refractivity contribution < 1.29 is 14.2 Å². The third kappa shape index (κ3) is 3.08. The van der Waals surface area contributed by atoms with Crippen molar-refractivity contribution in [3.63, 3.8) is 0 Å². The first-order chi connectivity index (χ1) is 13.2. The fourth-order valence-electron chi connectivity index (χ4n) is 3.18. The monoisotopic (exact) mass is 364 g/mol. The average Bonchev–Trinajstić information content (AvgIpc) is 3.21. The first-order valence-corrected chi connectivity index (χ1v) is 8.48. The summed E-state index contributed by atoms with van der Waals surface area (Å²) in [6.07, 6.45) is 3.62. The fraction of sp³-hybridized carbons (Fsp3) is 0.200. The number of hydrogen-bond acceptors (Lipinski definition) is 6. The van der Waals surface area contributed by atoms with Crippen molar-refractivity contribution in [1.29, 1.82) is 0 Å². The molecule has 4 rings (SSSR count). The number of allylic oxidation sites excluding steroid dienone is 1. The van der Waals surface area contributed by atoms with Gasteiger partial charge in [-0.15, -0.1) is 0 Å². The molecule has 0 saturated carbocycles. The Morgan fingerprint density at radius 3 is 2.56 bits per heavy atom. The number of methoxy groups -OCH3 is 3. The van der Waals surface area contributed by atoms with Gasteiger partial charge in [0.1, 0.15) is 29.6 Å². The molecule has 7 heteroatoms. The summed E-state index contributed by atoms with van der Waals surface area (Å²) in [6, 6.07) is 13.4. The minimum absolute atomic E-state index is 0.199. The molecule has 3 aromatic rings. The summed E-state index contributed by atoms with van der Waals surface area (Å²) in [6.45, 7) is 0. The Labute approximate surface area is 157 Å². The molecule has 1 N–H and O–H groups in total. The first kappa shape index (κ1) is 17.0. The predicted molar refractivity (Wildman–Crippen MR) is 102 cm³/mol. The van der Waals surface area contributed by atoms with E-state index in [-0.39, 0.29) is 6.04 Å². The largest absolute Gasteiger partial charge is 0.497 e. The van der Waals surface area contributed by atoms with E-state index in [2.05, 4.69) is 21.5 Å². The molecule has 1 aromatic heterocycles. The highest BCUT2D eigenvalue weighted by atomic mass is 16.5. The molecule has 1 atom stereocenters. The number of anilines is 1. The number of benzene rings is 2. The van der Waals surface area contributed by atoms with E-state index >= 15 is 0 Å². The smallest absolute Gasteiger partial charge is 0.226 e. The topological polar surface area (TPSA) is 70.4 Å². The SMILES string of the molecule is COc1cccc(C2=C[C@H](c3cc(OC)ccc3OC)n3ncnc3N2)c1. The predicted octanol–water partition coefficient (Wildman–Crippen LogP) is 3.36. The molecule has 0 fully saturated rings. The Balaban J connectivity index is 1.85. The van der Waals surface area contributed by atoms with Gasteiger partial charge in [-0.3, -0.25) is 0 Å². The third-order valence-electron chi connectivity index (χ3n) is 4.54. The lowest BCUT2D eigenvalue weighted by molar-refractivity contribution is 0.394. The van der Waals surface area contributed by atoms with Crippen molar-refractivity contribution in [3.8, 4) is 17.2 Å². The third-order valence-corrected chi connectivity index (χ3v) is 4.54. The van der Waals surface area contributed by atoms with Crippen molar-refractivity contribution in [2.75, 3.05) is 26.6 Å². The zero-order valence-electron chi connectivity index (χ0n) is 15.3. The van der Waals surface area contributed by atoms with Crippen molar-refractivity contribution in [1.82, 2.24) is 14.8 Å². The Morgan fingerprint density at radius 1 is 0.963 bits per heavy atom. The molecule has 1 aliphatic heterocycles. The second-order valence-electron chi connectivity index (χ2n) is 6.02. The maximum absolute atomic E-state index is 5.58. The molecule has 0 bridgehead atoms. The maximum atomic E-state index is 5.58. The van der Waals surface area contributed by atoms with E-state index in [1.165, 1.54) is 6.33 Å². The number of fused-ring (bicyclic) bond motifs is 1. The lowest BCUT2D eigenvalue weighted by atomic mass is 10.0. The minimum atomic E-state index is -0.199. The van der Waals surface area contributed by atoms with E-state index in [1.54, 1.807) is 21.3 Å². The molecule has 0 amide bonds. The van der Waals surface area contributed by atoms with Crippen molar-refractivity contribution in [2.24, 2.45) is 0 Å². The van der Waals surface area contributed by atoms with E-state index < -0.39 is 0 Å². The van der Waals surface area contributed by atoms with Gasteiger partial charge >= 0.3 is 0 Å². The van der Waals surface area contributed by atoms with Crippen LogP contribution in [0.15, 0.2) is 54.9 Å². The van der Waals surface area contributed by atoms with E-state index in [0.29, 0.717) is 5.95 Å². The van der Waals surface area contributed by atoms with Gasteiger partial charge < -0.3 is 19.5 Å². The van der Waals surface area contributed by atoms with Crippen LogP contribution in [0.2, 0.25) is 0 Å². The highest BCUT2D eigenvalue weighted by molar-refractivity contribution is 5.78. The number of ether oxygens (including phenoxy) is 3. The minimum Gasteiger partial charge on any atom is -0.497 e. The molecule has 2 heterocycles. The Kier molecular flexibility index (Phi) is 4.42. The molecular formula is C20H20N4O3. The van der Waals surface area contributed by atoms with Crippen LogP contribution in [0.4, 0.5) is 5.95 Å². The Bertz CT molecular complexity index is 996. The number of nitrogens with zero attached hydrogens (tertiary/aromatic N) is 3. The quantitative estimate of drug-likeness (QED) is 0.749. The van der Waals surface area contributed by atoms with Gasteiger partial charge in [-0.05, 0) is 36.4 Å². The van der Waals surface area contributed by atoms with Crippen LogP contribution in [0, 0.1) is 0 Å². The van der Waals surface area contributed by atoms with E-state index in [0.717, 1.165) is 34.1 Å². The van der Waals surface area contributed by atoms with Crippen molar-refractivity contribution >= 4 is 11.6 Å². The Morgan fingerprint density at radius 2 is 1.78 bits per heavy atom. The van der Waals surface area contributed by atoms with Crippen LogP contribution in [-0.2, 0) is 0 Å². The molecule has 0 saturated heterocycles. The van der Waals surface area contributed by atoms with E-state index in [1.807, 2.05) is 47.1 Å². The second-order valence-corrected chi connectivity index (χ2v) is 6.02. The van der Waals surface area contributed by atoms with Crippen LogP contribution in [0.3, 0.4) is 0 Å². The lowest BCUT2D eigenvalue weighted by Gasteiger charge is -2.26. The molecular weight excluding hydrogens is 344 g/mol. The van der Waals surface area contributed by atoms with Crippen LogP contribution in [0.1, 0.15) is 17.2 Å². The number of rotatable bonds is 5. The molecule has 138 valence electrons. The van der Waals surface area contributed by atoms with Crippen LogP contribution in [-0.4, -0.2) is 36.1 Å². The molecule has 0 spiro atoms. The van der Waals surface area contributed by atoms with Gasteiger partial charge in [0, 0.05) is 16.8 Å². The van der Waals surface area contributed by atoms with Gasteiger partial charge in [-0.2, -0.15) is 10.1 Å². The molecule has 0 unspecified atom stereocenters. The van der Waals surface area contributed by atoms with Gasteiger partial charge in [0.2, 0.25) is 5.95 Å². The van der Waals surface area contributed by atoms with Gasteiger partial charge in [-0.25, -0.2) is 4.68 Å². The molecule has 1 aliphatic rings. The van der Waals surface area contributed by atoms with E-state index in [4.69, 9.17) is 14.2 Å². The summed E-state index contributed by atoms with van der Waals surface area (Å²) in [7, 11) is 4.95. The summed E-state index contributed by atoms with van der Waals surface area (Å²) in [5.74, 6) is 2.95. The highest BCUT2D eigenvalue weighted by Gasteiger charge is 2.26. The number of hydrogen-bond donors (Lipinski definition) is 1. The zero-order chi connectivity index (χ0) is 18.8. The van der Waals surface area contributed by atoms with Gasteiger partial charge in [0.15, 0.2) is 0 Å². The van der Waals surface area contributed by atoms with Crippen LogP contribution in [0.25, 0.3) is 5.70 Å². The molecule has 7 nitrogen and oxygen atoms in total. The normalized spacial score (nSPS) is 15.4. The van der Waals surface area contributed by atoms with Gasteiger partial charge in [0.05, 0.1) is 21.3 Å². The summed E-state index contributed by atoms with van der Waals surface area (Å²) in [5.41, 5.74) is 2.85. The van der Waals surface area contributed by atoms with Crippen molar-refractivity contribution in [2.45, 2.75) is 6.04 Å². The van der Waals surface area contributed by atoms with Crippen LogP contribution in [0.5, 0.6) is 17.2 Å². The molecule has 0 aliphatic carbocycles. The number of nitrogens with one attached hydrogen (secondary N) is 1. The molecule has 2 aromatic carbocycles. The molecule has 27 heavy (non-hydrogen) atoms. The maximum Gasteiger partial charge on any atom is 0.226 e. The highest BCUT2D eigenvalue weighted by Crippen LogP contribution is 2.38. The lowest BCUT2D eigenvalue weighted by Crippen LogP contribution is -2.20. The van der Waals surface area contributed by atoms with Gasteiger partial charge in [-0.1, -0.05) is 12.1 Å². The van der Waals surface area contributed by atoms with Crippen LogP contribution < -0.4 is 19.5 Å². The molecule has 0 radical (unpaired) electrons. The van der Waals surface area contributed by atoms with Crippen molar-refractivity contribution in [3.05, 3.63) is 66.0 Å². The Hall–Kier alpha value is -3.48. The standard InChI is InChI=1S/C20H20N4O3/c1-25-14-6-4-5-13(9-14)17-11-18(24-20(23-17)21-12-22-24)16-10-15(26-2)7-8-19(16)27-3/h4-12,18H,1-3H3,(H,21,22,23)/t18-/m1/s1. The summed E-state index contributed by atoms with van der Waals surface area (Å²) in [4.78, 5) is 4.35. The first-order valence-electron chi connectivity index (χ1n) is 8.48. The average molecular weight is 364 g/mol.